The highest BCUT2D eigenvalue weighted by atomic mass is 16.5. The Labute approximate surface area is 158 Å². The lowest BCUT2D eigenvalue weighted by molar-refractivity contribution is -0.0176. The smallest absolute Gasteiger partial charge is 0.317 e. The van der Waals surface area contributed by atoms with Crippen LogP contribution in [0, 0.1) is 0 Å². The average molecular weight is 371 g/mol. The third kappa shape index (κ3) is 4.36. The first-order chi connectivity index (χ1) is 13.3. The van der Waals surface area contributed by atoms with E-state index >= 15 is 0 Å². The summed E-state index contributed by atoms with van der Waals surface area (Å²) in [6, 6.07) is 3.67. The second-order valence-corrected chi connectivity index (χ2v) is 6.78. The quantitative estimate of drug-likeness (QED) is 0.845. The third-order valence-electron chi connectivity index (χ3n) is 4.91. The van der Waals surface area contributed by atoms with Crippen molar-refractivity contribution in [1.29, 1.82) is 0 Å². The zero-order chi connectivity index (χ0) is 18.5. The van der Waals surface area contributed by atoms with Gasteiger partial charge in [-0.05, 0) is 25.0 Å². The Balaban J connectivity index is 1.33. The summed E-state index contributed by atoms with van der Waals surface area (Å²) in [5.41, 5.74) is 0.834. The minimum atomic E-state index is -0.222. The van der Waals surface area contributed by atoms with E-state index < -0.39 is 0 Å². The zero-order valence-electron chi connectivity index (χ0n) is 15.3. The van der Waals surface area contributed by atoms with Crippen molar-refractivity contribution in [3.8, 4) is 0 Å². The minimum Gasteiger partial charge on any atom is -0.368 e. The van der Waals surface area contributed by atoms with Crippen molar-refractivity contribution in [3.63, 3.8) is 0 Å². The van der Waals surface area contributed by atoms with Gasteiger partial charge in [-0.2, -0.15) is 5.10 Å². The molecule has 2 aliphatic heterocycles. The van der Waals surface area contributed by atoms with E-state index in [1.165, 1.54) is 12.8 Å². The molecule has 0 radical (unpaired) electrons. The molecular formula is C18H25N7O2. The molecule has 9 heteroatoms. The summed E-state index contributed by atoms with van der Waals surface area (Å²) in [5, 5.41) is 7.08. The van der Waals surface area contributed by atoms with Gasteiger partial charge in [-0.25, -0.2) is 14.8 Å². The lowest BCUT2D eigenvalue weighted by Crippen LogP contribution is -2.47. The third-order valence-corrected chi connectivity index (χ3v) is 4.91. The monoisotopic (exact) mass is 371 g/mol. The number of carbonyl (C=O) groups excluding carboxylic acids is 1. The molecule has 9 nitrogen and oxygen atoms in total. The van der Waals surface area contributed by atoms with Crippen molar-refractivity contribution < 1.29 is 9.53 Å². The maximum atomic E-state index is 12.5. The fourth-order valence-electron chi connectivity index (χ4n) is 3.45. The Hall–Kier alpha value is -2.68. The first-order valence-electron chi connectivity index (χ1n) is 9.49. The Morgan fingerprint density at radius 3 is 2.96 bits per heavy atom. The van der Waals surface area contributed by atoms with E-state index in [1.807, 2.05) is 18.3 Å². The van der Waals surface area contributed by atoms with Crippen LogP contribution in [0.1, 0.15) is 24.6 Å². The van der Waals surface area contributed by atoms with Gasteiger partial charge in [0.15, 0.2) is 0 Å². The maximum absolute atomic E-state index is 12.5. The van der Waals surface area contributed by atoms with Gasteiger partial charge in [-0.3, -0.25) is 4.68 Å². The predicted molar refractivity (Wildman–Crippen MR) is 99.4 cm³/mol. The number of aromatic nitrogens is 4. The normalized spacial score (nSPS) is 20.1. The van der Waals surface area contributed by atoms with Crippen LogP contribution in [0.25, 0.3) is 0 Å². The van der Waals surface area contributed by atoms with Gasteiger partial charge in [0.2, 0.25) is 5.95 Å². The second kappa shape index (κ2) is 8.34. The molecule has 2 aromatic rings. The van der Waals surface area contributed by atoms with Crippen LogP contribution in [0.5, 0.6) is 0 Å². The van der Waals surface area contributed by atoms with Crippen molar-refractivity contribution in [2.75, 3.05) is 44.2 Å². The van der Waals surface area contributed by atoms with Crippen LogP contribution < -0.4 is 10.2 Å². The molecule has 2 aliphatic rings. The number of ether oxygens (including phenoxy) is 1. The number of anilines is 1. The van der Waals surface area contributed by atoms with Gasteiger partial charge in [0, 0.05) is 44.8 Å². The molecule has 2 aromatic heterocycles. The molecule has 144 valence electrons. The Kier molecular flexibility index (Phi) is 5.47. The highest BCUT2D eigenvalue weighted by molar-refractivity contribution is 5.74. The van der Waals surface area contributed by atoms with Gasteiger partial charge in [0.05, 0.1) is 25.4 Å². The summed E-state index contributed by atoms with van der Waals surface area (Å²) in [6.45, 7) is 4.75. The summed E-state index contributed by atoms with van der Waals surface area (Å²) < 4.78 is 7.68. The fraction of sp³-hybridized carbons (Fsp3) is 0.556. The largest absolute Gasteiger partial charge is 0.368 e. The molecule has 27 heavy (non-hydrogen) atoms. The zero-order valence-corrected chi connectivity index (χ0v) is 15.3. The van der Waals surface area contributed by atoms with Crippen molar-refractivity contribution in [3.05, 3.63) is 36.4 Å². The Bertz CT molecular complexity index is 746. The van der Waals surface area contributed by atoms with Crippen LogP contribution in [-0.2, 0) is 11.3 Å². The predicted octanol–water partition coefficient (Wildman–Crippen LogP) is 1.06. The molecule has 0 saturated carbocycles. The topological polar surface area (TPSA) is 88.4 Å². The number of rotatable bonds is 5. The van der Waals surface area contributed by atoms with Crippen molar-refractivity contribution in [2.24, 2.45) is 0 Å². The molecule has 4 rings (SSSR count). The summed E-state index contributed by atoms with van der Waals surface area (Å²) in [5.74, 6) is 0.759. The number of hydrogen-bond acceptors (Lipinski definition) is 6. The molecular weight excluding hydrogens is 346 g/mol. The van der Waals surface area contributed by atoms with Crippen molar-refractivity contribution in [1.82, 2.24) is 30.0 Å². The van der Waals surface area contributed by atoms with E-state index in [9.17, 15) is 4.79 Å². The number of nitrogens with zero attached hydrogens (tertiary/aromatic N) is 6. The summed E-state index contributed by atoms with van der Waals surface area (Å²) in [7, 11) is 0. The summed E-state index contributed by atoms with van der Waals surface area (Å²) >= 11 is 0. The molecule has 2 amide bonds. The molecule has 1 N–H and O–H groups in total. The highest BCUT2D eigenvalue weighted by Crippen LogP contribution is 2.23. The number of urea groups is 1. The van der Waals surface area contributed by atoms with E-state index in [-0.39, 0.29) is 12.1 Å². The number of carbonyl (C=O) groups is 1. The number of amides is 2. The molecule has 0 unspecified atom stereocenters. The van der Waals surface area contributed by atoms with Crippen LogP contribution in [0.3, 0.4) is 0 Å². The number of nitrogens with one attached hydrogen (secondary N) is 1. The highest BCUT2D eigenvalue weighted by Gasteiger charge is 2.27. The lowest BCUT2D eigenvalue weighted by atomic mass is 10.2. The SMILES string of the molecule is O=C(NCCn1cccn1)N1CCO[C@H](c2ccnc(N3CCCC3)n2)C1. The Morgan fingerprint density at radius 1 is 1.26 bits per heavy atom. The van der Waals surface area contributed by atoms with E-state index in [4.69, 9.17) is 4.74 Å². The molecule has 0 aliphatic carbocycles. The van der Waals surface area contributed by atoms with E-state index in [1.54, 1.807) is 22.0 Å². The van der Waals surface area contributed by atoms with E-state index in [2.05, 4.69) is 25.3 Å². The van der Waals surface area contributed by atoms with Gasteiger partial charge in [-0.15, -0.1) is 0 Å². The second-order valence-electron chi connectivity index (χ2n) is 6.78. The summed E-state index contributed by atoms with van der Waals surface area (Å²) in [6.07, 6.45) is 7.53. The van der Waals surface area contributed by atoms with Gasteiger partial charge >= 0.3 is 6.03 Å². The van der Waals surface area contributed by atoms with Crippen LogP contribution in [0.15, 0.2) is 30.7 Å². The van der Waals surface area contributed by atoms with Crippen LogP contribution in [-0.4, -0.2) is 70.0 Å². The molecule has 1 atom stereocenters. The van der Waals surface area contributed by atoms with Crippen LogP contribution in [0.2, 0.25) is 0 Å². The van der Waals surface area contributed by atoms with Gasteiger partial charge in [0.25, 0.3) is 0 Å². The standard InChI is InChI=1S/C18H25N7O2/c26-18(20-7-11-25-10-3-5-21-25)24-12-13-27-16(14-24)15-4-6-19-17(22-15)23-8-1-2-9-23/h3-6,10,16H,1-2,7-9,11-14H2,(H,20,26)/t16-/m0/s1. The molecule has 2 fully saturated rings. The maximum Gasteiger partial charge on any atom is 0.317 e. The number of hydrogen-bond donors (Lipinski definition) is 1. The van der Waals surface area contributed by atoms with Crippen LogP contribution in [0.4, 0.5) is 10.7 Å². The van der Waals surface area contributed by atoms with Gasteiger partial charge in [-0.1, -0.05) is 0 Å². The molecule has 0 bridgehead atoms. The minimum absolute atomic E-state index is 0.0794. The fourth-order valence-corrected chi connectivity index (χ4v) is 3.45. The van der Waals surface area contributed by atoms with Crippen molar-refractivity contribution >= 4 is 12.0 Å². The molecule has 0 spiro atoms. The molecule has 0 aromatic carbocycles. The first kappa shape index (κ1) is 17.7. The first-order valence-corrected chi connectivity index (χ1v) is 9.49. The lowest BCUT2D eigenvalue weighted by Gasteiger charge is -2.33. The van der Waals surface area contributed by atoms with Gasteiger partial charge < -0.3 is 19.9 Å². The molecule has 2 saturated heterocycles. The van der Waals surface area contributed by atoms with Gasteiger partial charge in [0.1, 0.15) is 6.10 Å². The van der Waals surface area contributed by atoms with E-state index in [0.717, 1.165) is 24.7 Å². The van der Waals surface area contributed by atoms with Crippen molar-refractivity contribution in [2.45, 2.75) is 25.5 Å². The molecule has 4 heterocycles. The average Bonchev–Trinajstić information content (AvgIpc) is 3.42. The van der Waals surface area contributed by atoms with E-state index in [0.29, 0.717) is 32.8 Å². The Morgan fingerprint density at radius 2 is 2.15 bits per heavy atom. The number of morpholine rings is 1. The summed E-state index contributed by atoms with van der Waals surface area (Å²) in [4.78, 5) is 25.5. The van der Waals surface area contributed by atoms with Crippen LogP contribution >= 0.6 is 0 Å².